The van der Waals surface area contributed by atoms with Gasteiger partial charge in [-0.3, -0.25) is 4.99 Å². The van der Waals surface area contributed by atoms with Gasteiger partial charge >= 0.3 is 0 Å². The van der Waals surface area contributed by atoms with Gasteiger partial charge in [0.05, 0.1) is 12.6 Å². The van der Waals surface area contributed by atoms with Gasteiger partial charge in [-0.05, 0) is 49.0 Å². The molecule has 0 bridgehead atoms. The van der Waals surface area contributed by atoms with Crippen LogP contribution < -0.4 is 10.5 Å². The number of aliphatic imine (C=N–C) groups is 1. The summed E-state index contributed by atoms with van der Waals surface area (Å²) < 4.78 is 6.95. The van der Waals surface area contributed by atoms with Crippen LogP contribution in [-0.4, -0.2) is 27.8 Å². The van der Waals surface area contributed by atoms with Crippen LogP contribution >= 0.6 is 0 Å². The molecule has 1 aromatic rings. The van der Waals surface area contributed by atoms with E-state index in [4.69, 9.17) is 10.5 Å². The molecule has 5 nitrogen and oxygen atoms in total. The van der Waals surface area contributed by atoms with Gasteiger partial charge in [-0.1, -0.05) is 27.7 Å². The van der Waals surface area contributed by atoms with Crippen molar-refractivity contribution in [3.8, 4) is 11.5 Å². The number of ether oxygens (including phenoxy) is 1. The SMILES string of the molecule is C[C@@H]1CC[C@@H]2C(C)(C)[C@H](O)CC[C@]2(C)[C@@]12Cc1c(O)cc3c(c1O2)CN=C3N. The smallest absolute Gasteiger partial charge is 0.133 e. The quantitative estimate of drug-likeness (QED) is 0.639. The molecule has 5 heteroatoms. The van der Waals surface area contributed by atoms with Crippen LogP contribution in [0.15, 0.2) is 11.1 Å². The first-order valence-electron chi connectivity index (χ1n) is 10.7. The number of phenolic OH excluding ortho intramolecular Hbond substituents is 1. The number of hydrogen-bond donors (Lipinski definition) is 3. The van der Waals surface area contributed by atoms with Crippen molar-refractivity contribution in [2.75, 3.05) is 0 Å². The monoisotopic (exact) mass is 384 g/mol. The zero-order valence-corrected chi connectivity index (χ0v) is 17.4. The Hall–Kier alpha value is -1.75. The number of nitrogens with zero attached hydrogens (tertiary/aromatic N) is 1. The van der Waals surface area contributed by atoms with Crippen molar-refractivity contribution < 1.29 is 14.9 Å². The number of fused-ring (bicyclic) bond motifs is 5. The summed E-state index contributed by atoms with van der Waals surface area (Å²) in [4.78, 5) is 4.38. The Labute approximate surface area is 167 Å². The van der Waals surface area contributed by atoms with Crippen LogP contribution in [0.25, 0.3) is 0 Å². The summed E-state index contributed by atoms with van der Waals surface area (Å²) in [5, 5.41) is 21.6. The molecule has 5 rings (SSSR count). The molecule has 2 saturated carbocycles. The van der Waals surface area contributed by atoms with Crippen molar-refractivity contribution in [2.45, 2.75) is 78.0 Å². The van der Waals surface area contributed by atoms with Gasteiger partial charge in [-0.25, -0.2) is 0 Å². The molecule has 152 valence electrons. The minimum Gasteiger partial charge on any atom is -0.508 e. The Kier molecular flexibility index (Phi) is 3.55. The molecule has 2 aliphatic carbocycles. The molecule has 4 N–H and O–H groups in total. The number of aliphatic hydroxyl groups excluding tert-OH is 1. The van der Waals surface area contributed by atoms with E-state index in [1.165, 1.54) is 0 Å². The molecule has 4 aliphatic rings. The highest BCUT2D eigenvalue weighted by atomic mass is 16.5. The van der Waals surface area contributed by atoms with E-state index in [-0.39, 0.29) is 28.3 Å². The predicted octanol–water partition coefficient (Wildman–Crippen LogP) is 3.52. The summed E-state index contributed by atoms with van der Waals surface area (Å²) in [6.07, 6.45) is 4.39. The fourth-order valence-corrected chi connectivity index (χ4v) is 7.18. The zero-order chi connectivity index (χ0) is 20.1. The molecular formula is C23H32N2O3. The summed E-state index contributed by atoms with van der Waals surface area (Å²) >= 11 is 0. The largest absolute Gasteiger partial charge is 0.508 e. The van der Waals surface area contributed by atoms with Crippen LogP contribution in [0.4, 0.5) is 0 Å². The number of benzene rings is 1. The fraction of sp³-hybridized carbons (Fsp3) is 0.696. The minimum absolute atomic E-state index is 0.0588. The second kappa shape index (κ2) is 5.44. The van der Waals surface area contributed by atoms with Crippen LogP contribution in [0.3, 0.4) is 0 Å². The summed E-state index contributed by atoms with van der Waals surface area (Å²) in [6.45, 7) is 9.63. The van der Waals surface area contributed by atoms with Gasteiger partial charge in [0.25, 0.3) is 0 Å². The van der Waals surface area contributed by atoms with Crippen molar-refractivity contribution in [3.05, 3.63) is 22.8 Å². The molecule has 0 unspecified atom stereocenters. The van der Waals surface area contributed by atoms with Crippen LogP contribution in [0, 0.1) is 22.7 Å². The number of aromatic hydroxyl groups is 1. The Morgan fingerprint density at radius 3 is 2.68 bits per heavy atom. The molecule has 2 aliphatic heterocycles. The average Bonchev–Trinajstić information content (AvgIpc) is 3.20. The molecule has 0 aromatic heterocycles. The third-order valence-corrected chi connectivity index (χ3v) is 8.98. The van der Waals surface area contributed by atoms with Gasteiger partial charge in [-0.2, -0.15) is 0 Å². The predicted molar refractivity (Wildman–Crippen MR) is 109 cm³/mol. The molecule has 5 atom stereocenters. The number of nitrogens with two attached hydrogens (primary N) is 1. The van der Waals surface area contributed by atoms with E-state index < -0.39 is 0 Å². The normalized spacial score (nSPS) is 40.5. The van der Waals surface area contributed by atoms with Crippen molar-refractivity contribution in [1.29, 1.82) is 0 Å². The Morgan fingerprint density at radius 2 is 1.93 bits per heavy atom. The highest BCUT2D eigenvalue weighted by molar-refractivity contribution is 6.02. The zero-order valence-electron chi connectivity index (χ0n) is 17.4. The number of phenols is 1. The molecule has 28 heavy (non-hydrogen) atoms. The molecule has 2 heterocycles. The lowest BCUT2D eigenvalue weighted by Crippen LogP contribution is -2.66. The van der Waals surface area contributed by atoms with E-state index in [1.807, 2.05) is 0 Å². The Bertz CT molecular complexity index is 892. The number of amidine groups is 1. The van der Waals surface area contributed by atoms with E-state index in [9.17, 15) is 10.2 Å². The molecule has 0 amide bonds. The van der Waals surface area contributed by atoms with Crippen LogP contribution in [-0.2, 0) is 13.0 Å². The number of hydrogen-bond acceptors (Lipinski definition) is 5. The van der Waals surface area contributed by atoms with Crippen molar-refractivity contribution in [3.63, 3.8) is 0 Å². The van der Waals surface area contributed by atoms with Crippen LogP contribution in [0.1, 0.15) is 70.1 Å². The Balaban J connectivity index is 1.64. The number of rotatable bonds is 0. The maximum absolute atomic E-state index is 10.8. The topological polar surface area (TPSA) is 88.1 Å². The van der Waals surface area contributed by atoms with Gasteiger partial charge in [0, 0.05) is 28.5 Å². The Morgan fingerprint density at radius 1 is 1.18 bits per heavy atom. The van der Waals surface area contributed by atoms with Gasteiger partial charge in [0.1, 0.15) is 22.9 Å². The second-order valence-electron chi connectivity index (χ2n) is 10.4. The summed E-state index contributed by atoms with van der Waals surface area (Å²) in [6, 6.07) is 1.77. The molecule has 2 fully saturated rings. The first kappa shape index (κ1) is 18.3. The standard InChI is InChI=1S/C23H32N2O3/c1-12-5-6-17-21(2,3)18(27)7-8-22(17,4)23(12)10-14-16(26)9-13-15(19(14)28-23)11-25-20(13)24/h9,12,17-18,26-27H,5-8,10-11H2,1-4H3,(H2,24,25)/t12-,17-,18-,22+,23-/m1/s1. The van der Waals surface area contributed by atoms with E-state index in [0.29, 0.717) is 24.2 Å². The highest BCUT2D eigenvalue weighted by Gasteiger charge is 2.67. The summed E-state index contributed by atoms with van der Waals surface area (Å²) in [5.74, 6) is 2.34. The molecule has 1 aromatic carbocycles. The molecular weight excluding hydrogens is 352 g/mol. The molecule has 0 saturated heterocycles. The van der Waals surface area contributed by atoms with E-state index >= 15 is 0 Å². The lowest BCUT2D eigenvalue weighted by atomic mass is 9.43. The fourth-order valence-electron chi connectivity index (χ4n) is 7.18. The first-order valence-corrected chi connectivity index (χ1v) is 10.7. The number of aliphatic hydroxyl groups is 1. The second-order valence-corrected chi connectivity index (χ2v) is 10.4. The van der Waals surface area contributed by atoms with Crippen molar-refractivity contribution in [2.24, 2.45) is 33.4 Å². The third-order valence-electron chi connectivity index (χ3n) is 8.98. The van der Waals surface area contributed by atoms with Gasteiger partial charge < -0.3 is 20.7 Å². The van der Waals surface area contributed by atoms with Crippen molar-refractivity contribution >= 4 is 5.84 Å². The lowest BCUT2D eigenvalue weighted by Gasteiger charge is -2.64. The van der Waals surface area contributed by atoms with E-state index in [2.05, 4.69) is 32.7 Å². The minimum atomic E-state index is -0.361. The van der Waals surface area contributed by atoms with Crippen molar-refractivity contribution in [1.82, 2.24) is 0 Å². The van der Waals surface area contributed by atoms with E-state index in [1.54, 1.807) is 6.07 Å². The van der Waals surface area contributed by atoms with Gasteiger partial charge in [-0.15, -0.1) is 0 Å². The highest BCUT2D eigenvalue weighted by Crippen LogP contribution is 2.67. The molecule has 1 spiro atoms. The maximum Gasteiger partial charge on any atom is 0.133 e. The third kappa shape index (κ3) is 1.99. The van der Waals surface area contributed by atoms with Crippen LogP contribution in [0.2, 0.25) is 0 Å². The molecule has 0 radical (unpaired) electrons. The average molecular weight is 385 g/mol. The van der Waals surface area contributed by atoms with E-state index in [0.717, 1.165) is 54.5 Å². The van der Waals surface area contributed by atoms with Gasteiger partial charge in [0.2, 0.25) is 0 Å². The summed E-state index contributed by atoms with van der Waals surface area (Å²) in [7, 11) is 0. The maximum atomic E-state index is 10.8. The first-order chi connectivity index (χ1) is 13.1. The summed E-state index contributed by atoms with van der Waals surface area (Å²) in [5.41, 5.74) is 8.24. The lowest BCUT2D eigenvalue weighted by molar-refractivity contribution is -0.210. The van der Waals surface area contributed by atoms with Crippen LogP contribution in [0.5, 0.6) is 11.5 Å². The van der Waals surface area contributed by atoms with Gasteiger partial charge in [0.15, 0.2) is 0 Å².